The molecule has 3 N–H and O–H groups in total. The summed E-state index contributed by atoms with van der Waals surface area (Å²) in [6.45, 7) is 3.45. The van der Waals surface area contributed by atoms with E-state index in [1.165, 1.54) is 0 Å². The van der Waals surface area contributed by atoms with E-state index in [1.54, 1.807) is 13.8 Å². The highest BCUT2D eigenvalue weighted by atomic mass is 16.4. The molecule has 3 heteroatoms. The Kier molecular flexibility index (Phi) is 2.74. The van der Waals surface area contributed by atoms with Crippen LogP contribution in [0.25, 0.3) is 0 Å². The Morgan fingerprint density at radius 1 is 1.47 bits per heavy atom. The predicted octanol–water partition coefficient (Wildman–Crippen LogP) is 2.08. The first-order valence-corrected chi connectivity index (χ1v) is 5.95. The van der Waals surface area contributed by atoms with E-state index in [0.29, 0.717) is 0 Å². The molecule has 2 rings (SSSR count). The minimum absolute atomic E-state index is 0.0357. The molecule has 3 nitrogen and oxygen atoms in total. The van der Waals surface area contributed by atoms with Crippen molar-refractivity contribution in [3.05, 3.63) is 35.4 Å². The van der Waals surface area contributed by atoms with Gasteiger partial charge in [0.05, 0.1) is 5.41 Å². The van der Waals surface area contributed by atoms with Crippen molar-refractivity contribution in [3.63, 3.8) is 0 Å². The maximum Gasteiger partial charge on any atom is 0.313 e. The van der Waals surface area contributed by atoms with Crippen molar-refractivity contribution in [2.45, 2.75) is 44.1 Å². The molecule has 1 aliphatic rings. The van der Waals surface area contributed by atoms with Gasteiger partial charge in [0.2, 0.25) is 0 Å². The summed E-state index contributed by atoms with van der Waals surface area (Å²) in [5.74, 6) is -0.802. The standard InChI is InChI=1S/C14H19NO2/c1-13(2,12(16)17)11-5-3-4-10(8-11)9-14(15)6-7-14/h3-5,8H,6-7,9,15H2,1-2H3,(H,16,17). The first kappa shape index (κ1) is 12.1. The van der Waals surface area contributed by atoms with Crippen LogP contribution in [-0.2, 0) is 16.6 Å². The molecular weight excluding hydrogens is 214 g/mol. The van der Waals surface area contributed by atoms with E-state index in [-0.39, 0.29) is 5.54 Å². The average Bonchev–Trinajstić information content (AvgIpc) is 2.96. The summed E-state index contributed by atoms with van der Waals surface area (Å²) < 4.78 is 0. The number of nitrogens with two attached hydrogens (primary N) is 1. The maximum atomic E-state index is 11.2. The first-order valence-electron chi connectivity index (χ1n) is 5.95. The van der Waals surface area contributed by atoms with Gasteiger partial charge in [0, 0.05) is 5.54 Å². The molecule has 17 heavy (non-hydrogen) atoms. The summed E-state index contributed by atoms with van der Waals surface area (Å²) in [6.07, 6.45) is 2.98. The highest BCUT2D eigenvalue weighted by Crippen LogP contribution is 2.36. The van der Waals surface area contributed by atoms with Gasteiger partial charge in [-0.2, -0.15) is 0 Å². The zero-order chi connectivity index (χ0) is 12.7. The lowest BCUT2D eigenvalue weighted by molar-refractivity contribution is -0.142. The Balaban J connectivity index is 2.25. The van der Waals surface area contributed by atoms with Gasteiger partial charge in [0.15, 0.2) is 0 Å². The summed E-state index contributed by atoms with van der Waals surface area (Å²) >= 11 is 0. The van der Waals surface area contributed by atoms with E-state index in [4.69, 9.17) is 5.73 Å². The molecule has 0 amide bonds. The largest absolute Gasteiger partial charge is 0.481 e. The molecule has 0 spiro atoms. The lowest BCUT2D eigenvalue weighted by Gasteiger charge is -2.21. The zero-order valence-electron chi connectivity index (χ0n) is 10.4. The van der Waals surface area contributed by atoms with Crippen molar-refractivity contribution in [2.75, 3.05) is 0 Å². The smallest absolute Gasteiger partial charge is 0.313 e. The molecule has 0 radical (unpaired) electrons. The molecule has 0 atom stereocenters. The van der Waals surface area contributed by atoms with Crippen LogP contribution in [0.5, 0.6) is 0 Å². The molecule has 0 bridgehead atoms. The van der Waals surface area contributed by atoms with Crippen LogP contribution in [0.2, 0.25) is 0 Å². The highest BCUT2D eigenvalue weighted by Gasteiger charge is 2.38. The van der Waals surface area contributed by atoms with Gasteiger partial charge in [-0.05, 0) is 44.2 Å². The molecule has 1 aromatic carbocycles. The molecule has 92 valence electrons. The monoisotopic (exact) mass is 233 g/mol. The van der Waals surface area contributed by atoms with Crippen molar-refractivity contribution in [2.24, 2.45) is 5.73 Å². The quantitative estimate of drug-likeness (QED) is 0.837. The fourth-order valence-corrected chi connectivity index (χ4v) is 1.94. The van der Waals surface area contributed by atoms with Crippen LogP contribution in [-0.4, -0.2) is 16.6 Å². The highest BCUT2D eigenvalue weighted by molar-refractivity contribution is 5.80. The number of aliphatic carboxylic acids is 1. The Morgan fingerprint density at radius 3 is 2.65 bits per heavy atom. The Bertz CT molecular complexity index is 447. The molecule has 0 aromatic heterocycles. The van der Waals surface area contributed by atoms with Crippen LogP contribution in [0, 0.1) is 0 Å². The molecule has 0 aliphatic heterocycles. The number of carboxylic acid groups (broad SMARTS) is 1. The summed E-state index contributed by atoms with van der Waals surface area (Å²) in [6, 6.07) is 7.78. The number of benzene rings is 1. The van der Waals surface area contributed by atoms with Gasteiger partial charge in [0.25, 0.3) is 0 Å². The van der Waals surface area contributed by atoms with Gasteiger partial charge < -0.3 is 10.8 Å². The first-order chi connectivity index (χ1) is 7.83. The van der Waals surface area contributed by atoms with Crippen LogP contribution in [0.4, 0.5) is 0 Å². The maximum absolute atomic E-state index is 11.2. The fraction of sp³-hybridized carbons (Fsp3) is 0.500. The summed E-state index contributed by atoms with van der Waals surface area (Å²) in [5, 5.41) is 9.21. The molecule has 1 saturated carbocycles. The zero-order valence-corrected chi connectivity index (χ0v) is 10.4. The SMILES string of the molecule is CC(C)(C(=O)O)c1cccc(CC2(N)CC2)c1. The number of rotatable bonds is 4. The third-order valence-corrected chi connectivity index (χ3v) is 3.63. The van der Waals surface area contributed by atoms with Crippen LogP contribution >= 0.6 is 0 Å². The van der Waals surface area contributed by atoms with Crippen molar-refractivity contribution in [1.29, 1.82) is 0 Å². The third-order valence-electron chi connectivity index (χ3n) is 3.63. The van der Waals surface area contributed by atoms with Crippen LogP contribution in [0.1, 0.15) is 37.8 Å². The van der Waals surface area contributed by atoms with Crippen molar-refractivity contribution in [3.8, 4) is 0 Å². The van der Waals surface area contributed by atoms with E-state index in [9.17, 15) is 9.90 Å². The Hall–Kier alpha value is -1.35. The van der Waals surface area contributed by atoms with Crippen LogP contribution in [0.3, 0.4) is 0 Å². The van der Waals surface area contributed by atoms with E-state index in [0.717, 1.165) is 30.4 Å². The van der Waals surface area contributed by atoms with Gasteiger partial charge >= 0.3 is 5.97 Å². The molecule has 0 heterocycles. The number of carboxylic acids is 1. The molecular formula is C14H19NO2. The Labute approximate surface area is 102 Å². The van der Waals surface area contributed by atoms with Gasteiger partial charge in [0.1, 0.15) is 0 Å². The molecule has 1 aromatic rings. The number of hydrogen-bond donors (Lipinski definition) is 2. The average molecular weight is 233 g/mol. The van der Waals surface area contributed by atoms with E-state index in [1.807, 2.05) is 24.3 Å². The lowest BCUT2D eigenvalue weighted by Crippen LogP contribution is -2.29. The van der Waals surface area contributed by atoms with E-state index >= 15 is 0 Å². The second-order valence-electron chi connectivity index (χ2n) is 5.67. The van der Waals surface area contributed by atoms with Crippen molar-refractivity contribution < 1.29 is 9.90 Å². The molecule has 1 aliphatic carbocycles. The van der Waals surface area contributed by atoms with Crippen LogP contribution in [0.15, 0.2) is 24.3 Å². The Morgan fingerprint density at radius 2 is 2.12 bits per heavy atom. The topological polar surface area (TPSA) is 63.3 Å². The normalized spacial score (nSPS) is 17.8. The fourth-order valence-electron chi connectivity index (χ4n) is 1.94. The van der Waals surface area contributed by atoms with E-state index in [2.05, 4.69) is 0 Å². The number of hydrogen-bond acceptors (Lipinski definition) is 2. The lowest BCUT2D eigenvalue weighted by atomic mass is 9.83. The van der Waals surface area contributed by atoms with Gasteiger partial charge in [-0.15, -0.1) is 0 Å². The molecule has 0 saturated heterocycles. The summed E-state index contributed by atoms with van der Waals surface area (Å²) in [5.41, 5.74) is 7.18. The van der Waals surface area contributed by atoms with E-state index < -0.39 is 11.4 Å². The predicted molar refractivity (Wildman–Crippen MR) is 67.0 cm³/mol. The van der Waals surface area contributed by atoms with Crippen molar-refractivity contribution in [1.82, 2.24) is 0 Å². The number of carbonyl (C=O) groups is 1. The molecule has 0 unspecified atom stereocenters. The summed E-state index contributed by atoms with van der Waals surface area (Å²) in [7, 11) is 0. The second-order valence-corrected chi connectivity index (χ2v) is 5.67. The second kappa shape index (κ2) is 3.84. The van der Waals surface area contributed by atoms with Gasteiger partial charge in [-0.1, -0.05) is 24.3 Å². The summed E-state index contributed by atoms with van der Waals surface area (Å²) in [4.78, 5) is 11.2. The minimum atomic E-state index is -0.846. The van der Waals surface area contributed by atoms with Crippen LogP contribution < -0.4 is 5.73 Å². The van der Waals surface area contributed by atoms with Crippen molar-refractivity contribution >= 4 is 5.97 Å². The molecule has 1 fully saturated rings. The minimum Gasteiger partial charge on any atom is -0.481 e. The van der Waals surface area contributed by atoms with Gasteiger partial charge in [-0.25, -0.2) is 0 Å². The third kappa shape index (κ3) is 2.50. The van der Waals surface area contributed by atoms with Gasteiger partial charge in [-0.3, -0.25) is 4.79 Å².